The van der Waals surface area contributed by atoms with E-state index in [0.29, 0.717) is 11.8 Å². The van der Waals surface area contributed by atoms with Gasteiger partial charge in [-0.2, -0.15) is 0 Å². The number of benzene rings is 1. The number of hydrogen-bond acceptors (Lipinski definition) is 3. The van der Waals surface area contributed by atoms with E-state index in [9.17, 15) is 4.79 Å². The third-order valence-corrected chi connectivity index (χ3v) is 6.48. The van der Waals surface area contributed by atoms with Gasteiger partial charge < -0.3 is 14.5 Å². The third-order valence-electron chi connectivity index (χ3n) is 6.48. The lowest BCUT2D eigenvalue weighted by molar-refractivity contribution is -0.139. The van der Waals surface area contributed by atoms with Gasteiger partial charge in [-0.05, 0) is 87.8 Å². The van der Waals surface area contributed by atoms with Crippen molar-refractivity contribution < 1.29 is 9.53 Å². The Hall–Kier alpha value is -1.81. The normalized spacial score (nSPS) is 24.3. The minimum atomic E-state index is 0.200. The van der Waals surface area contributed by atoms with E-state index in [4.69, 9.17) is 4.74 Å². The zero-order chi connectivity index (χ0) is 18.6. The van der Waals surface area contributed by atoms with Gasteiger partial charge in [0.2, 0.25) is 5.91 Å². The largest absolute Gasteiger partial charge is 0.493 e. The summed E-state index contributed by atoms with van der Waals surface area (Å²) < 4.78 is 6.03. The van der Waals surface area contributed by atoms with Gasteiger partial charge in [0.05, 0.1) is 6.61 Å². The first-order valence-electron chi connectivity index (χ1n) is 10.6. The molecule has 4 nitrogen and oxygen atoms in total. The van der Waals surface area contributed by atoms with E-state index in [1.807, 2.05) is 4.90 Å². The molecule has 27 heavy (non-hydrogen) atoms. The zero-order valence-corrected chi connectivity index (χ0v) is 16.5. The van der Waals surface area contributed by atoms with Gasteiger partial charge in [-0.25, -0.2) is 0 Å². The number of ether oxygens (including phenoxy) is 1. The zero-order valence-electron chi connectivity index (χ0n) is 16.5. The SMILES string of the molecule is CN1CCC(COc2ccc(C3=CCC(C(=O)N4CCC4)CC3)cc2)CC1. The minimum Gasteiger partial charge on any atom is -0.493 e. The second-order valence-electron chi connectivity index (χ2n) is 8.46. The Bertz CT molecular complexity index is 670. The minimum absolute atomic E-state index is 0.200. The Balaban J connectivity index is 1.27. The molecule has 2 aliphatic heterocycles. The Kier molecular flexibility index (Phi) is 5.82. The number of allylic oxidation sites excluding steroid dienone is 2. The van der Waals surface area contributed by atoms with Crippen LogP contribution in [0.25, 0.3) is 5.57 Å². The average Bonchev–Trinajstić information content (AvgIpc) is 2.67. The van der Waals surface area contributed by atoms with Crippen LogP contribution in [0.2, 0.25) is 0 Å². The van der Waals surface area contributed by atoms with Gasteiger partial charge in [-0.15, -0.1) is 0 Å². The lowest BCUT2D eigenvalue weighted by atomic mass is 9.85. The number of nitrogens with zero attached hydrogens (tertiary/aromatic N) is 2. The maximum absolute atomic E-state index is 12.4. The standard InChI is InChI=1S/C23H32N2O2/c1-24-15-11-18(12-16-24)17-27-22-9-7-20(8-10-22)19-3-5-21(6-4-19)23(26)25-13-2-14-25/h3,7-10,18,21H,2,4-6,11-17H2,1H3. The van der Waals surface area contributed by atoms with Gasteiger partial charge in [-0.1, -0.05) is 18.2 Å². The summed E-state index contributed by atoms with van der Waals surface area (Å²) in [5.41, 5.74) is 2.65. The first-order chi connectivity index (χ1) is 13.2. The Labute approximate surface area is 163 Å². The summed E-state index contributed by atoms with van der Waals surface area (Å²) in [7, 11) is 2.19. The van der Waals surface area contributed by atoms with Crippen LogP contribution in [0.5, 0.6) is 5.75 Å². The molecule has 1 aliphatic carbocycles. The van der Waals surface area contributed by atoms with E-state index >= 15 is 0 Å². The molecule has 2 saturated heterocycles. The third kappa shape index (κ3) is 4.55. The van der Waals surface area contributed by atoms with E-state index in [1.165, 1.54) is 43.5 Å². The van der Waals surface area contributed by atoms with E-state index < -0.39 is 0 Å². The van der Waals surface area contributed by atoms with Crippen molar-refractivity contribution in [3.8, 4) is 5.75 Å². The van der Waals surface area contributed by atoms with Crippen LogP contribution in [0.4, 0.5) is 0 Å². The lowest BCUT2D eigenvalue weighted by Crippen LogP contribution is -2.45. The summed E-state index contributed by atoms with van der Waals surface area (Å²) in [6.07, 6.45) is 8.79. The quantitative estimate of drug-likeness (QED) is 0.792. The molecule has 0 N–H and O–H groups in total. The number of amides is 1. The van der Waals surface area contributed by atoms with Crippen LogP contribution in [0.3, 0.4) is 0 Å². The maximum Gasteiger partial charge on any atom is 0.226 e. The molecule has 1 amide bonds. The molecule has 0 spiro atoms. The van der Waals surface area contributed by atoms with Crippen LogP contribution >= 0.6 is 0 Å². The van der Waals surface area contributed by atoms with Crippen molar-refractivity contribution in [1.29, 1.82) is 0 Å². The van der Waals surface area contributed by atoms with E-state index in [-0.39, 0.29) is 5.92 Å². The van der Waals surface area contributed by atoms with Crippen LogP contribution in [0.1, 0.15) is 44.1 Å². The summed E-state index contributed by atoms with van der Waals surface area (Å²) in [5.74, 6) is 2.23. The molecule has 1 atom stereocenters. The lowest BCUT2D eigenvalue weighted by Gasteiger charge is -2.35. The topological polar surface area (TPSA) is 32.8 Å². The monoisotopic (exact) mass is 368 g/mol. The van der Waals surface area contributed by atoms with Crippen molar-refractivity contribution >= 4 is 11.5 Å². The first-order valence-corrected chi connectivity index (χ1v) is 10.6. The maximum atomic E-state index is 12.4. The van der Waals surface area contributed by atoms with Crippen molar-refractivity contribution in [2.75, 3.05) is 39.8 Å². The molecule has 0 aromatic heterocycles. The van der Waals surface area contributed by atoms with Gasteiger partial charge in [0.25, 0.3) is 0 Å². The van der Waals surface area contributed by atoms with Crippen LogP contribution in [-0.4, -0.2) is 55.5 Å². The van der Waals surface area contributed by atoms with Gasteiger partial charge in [-0.3, -0.25) is 4.79 Å². The summed E-state index contributed by atoms with van der Waals surface area (Å²) in [5, 5.41) is 0. The second kappa shape index (κ2) is 8.47. The van der Waals surface area contributed by atoms with E-state index in [1.54, 1.807) is 0 Å². The van der Waals surface area contributed by atoms with Crippen LogP contribution in [0, 0.1) is 11.8 Å². The Morgan fingerprint density at radius 2 is 1.81 bits per heavy atom. The Morgan fingerprint density at radius 3 is 2.41 bits per heavy atom. The molecule has 4 rings (SSSR count). The Morgan fingerprint density at radius 1 is 1.07 bits per heavy atom. The number of piperidine rings is 1. The van der Waals surface area contributed by atoms with Gasteiger partial charge in [0.15, 0.2) is 0 Å². The van der Waals surface area contributed by atoms with Gasteiger partial charge >= 0.3 is 0 Å². The summed E-state index contributed by atoms with van der Waals surface area (Å²) in [6.45, 7) is 5.12. The number of likely N-dealkylation sites (tertiary alicyclic amines) is 2. The highest BCUT2D eigenvalue weighted by Gasteiger charge is 2.29. The highest BCUT2D eigenvalue weighted by atomic mass is 16.5. The molecule has 2 fully saturated rings. The van der Waals surface area contributed by atoms with Crippen molar-refractivity contribution in [2.45, 2.75) is 38.5 Å². The number of rotatable bonds is 5. The molecule has 146 valence electrons. The number of carbonyl (C=O) groups is 1. The van der Waals surface area contributed by atoms with Crippen molar-refractivity contribution in [1.82, 2.24) is 9.80 Å². The predicted octanol–water partition coefficient (Wildman–Crippen LogP) is 3.82. The second-order valence-corrected chi connectivity index (χ2v) is 8.46. The fourth-order valence-corrected chi connectivity index (χ4v) is 4.32. The van der Waals surface area contributed by atoms with E-state index in [0.717, 1.165) is 44.7 Å². The average molecular weight is 369 g/mol. The molecule has 1 aromatic carbocycles. The van der Waals surface area contributed by atoms with Gasteiger partial charge in [0, 0.05) is 19.0 Å². The van der Waals surface area contributed by atoms with Crippen molar-refractivity contribution in [2.24, 2.45) is 11.8 Å². The highest BCUT2D eigenvalue weighted by molar-refractivity contribution is 5.81. The molecule has 0 radical (unpaired) electrons. The van der Waals surface area contributed by atoms with Crippen molar-refractivity contribution in [3.05, 3.63) is 35.9 Å². The molecule has 0 bridgehead atoms. The summed E-state index contributed by atoms with van der Waals surface area (Å²) >= 11 is 0. The predicted molar refractivity (Wildman–Crippen MR) is 109 cm³/mol. The molecule has 0 saturated carbocycles. The molecule has 1 aromatic rings. The highest BCUT2D eigenvalue weighted by Crippen LogP contribution is 2.32. The fraction of sp³-hybridized carbons (Fsp3) is 0.609. The van der Waals surface area contributed by atoms with Crippen LogP contribution in [-0.2, 0) is 4.79 Å². The smallest absolute Gasteiger partial charge is 0.226 e. The summed E-state index contributed by atoms with van der Waals surface area (Å²) in [4.78, 5) is 16.8. The first kappa shape index (κ1) is 18.5. The number of carbonyl (C=O) groups excluding carboxylic acids is 1. The molecule has 2 heterocycles. The van der Waals surface area contributed by atoms with Crippen molar-refractivity contribution in [3.63, 3.8) is 0 Å². The van der Waals surface area contributed by atoms with Crippen LogP contribution in [0.15, 0.2) is 30.3 Å². The number of hydrogen-bond donors (Lipinski definition) is 0. The molecular weight excluding hydrogens is 336 g/mol. The van der Waals surface area contributed by atoms with Gasteiger partial charge in [0.1, 0.15) is 5.75 Å². The van der Waals surface area contributed by atoms with E-state index in [2.05, 4.69) is 42.3 Å². The fourth-order valence-electron chi connectivity index (χ4n) is 4.32. The summed E-state index contributed by atoms with van der Waals surface area (Å²) in [6, 6.07) is 8.55. The van der Waals surface area contributed by atoms with Crippen LogP contribution < -0.4 is 4.74 Å². The molecule has 4 heteroatoms. The molecular formula is C23H32N2O2. The molecule has 3 aliphatic rings. The molecule has 1 unspecified atom stereocenters.